The fourth-order valence-corrected chi connectivity index (χ4v) is 4.16. The van der Waals surface area contributed by atoms with Gasteiger partial charge in [-0.2, -0.15) is 4.31 Å². The number of amides is 1. The quantitative estimate of drug-likeness (QED) is 0.790. The smallest absolute Gasteiger partial charge is 0.242 e. The number of carbonyl (C=O) groups is 1. The molecule has 1 aliphatic rings. The summed E-state index contributed by atoms with van der Waals surface area (Å²) in [6.45, 7) is 5.17. The minimum Gasteiger partial charge on any atom is -0.360 e. The number of aromatic nitrogens is 1. The molecule has 1 N–H and O–H groups in total. The van der Waals surface area contributed by atoms with Crippen LogP contribution in [0.2, 0.25) is 0 Å². The number of rotatable bonds is 6. The molecular weight excluding hydrogens is 380 g/mol. The van der Waals surface area contributed by atoms with Crippen molar-refractivity contribution < 1.29 is 17.7 Å². The van der Waals surface area contributed by atoms with E-state index in [-0.39, 0.29) is 5.91 Å². The van der Waals surface area contributed by atoms with Gasteiger partial charge in [-0.15, -0.1) is 0 Å². The topological polar surface area (TPSA) is 95.8 Å². The third-order valence-electron chi connectivity index (χ3n) is 4.67. The first kappa shape index (κ1) is 20.2. The van der Waals surface area contributed by atoms with Crippen molar-refractivity contribution in [1.82, 2.24) is 14.4 Å². The van der Waals surface area contributed by atoms with Crippen LogP contribution < -0.4 is 5.32 Å². The highest BCUT2D eigenvalue weighted by atomic mass is 32.2. The molecule has 2 heterocycles. The third kappa shape index (κ3) is 5.06. The highest BCUT2D eigenvalue weighted by molar-refractivity contribution is 7.92. The van der Waals surface area contributed by atoms with Crippen molar-refractivity contribution in [2.75, 3.05) is 31.5 Å². The van der Waals surface area contributed by atoms with E-state index < -0.39 is 16.1 Å². The van der Waals surface area contributed by atoms with E-state index in [0.29, 0.717) is 37.8 Å². The van der Waals surface area contributed by atoms with Crippen LogP contribution in [0, 0.1) is 6.92 Å². The Morgan fingerprint density at radius 2 is 1.89 bits per heavy atom. The van der Waals surface area contributed by atoms with Gasteiger partial charge in [-0.05, 0) is 25.5 Å². The molecule has 1 fully saturated rings. The number of anilines is 1. The zero-order valence-corrected chi connectivity index (χ0v) is 16.7. The largest absolute Gasteiger partial charge is 0.360 e. The average molecular weight is 404 g/mol. The standard InChI is InChI=1S/C19H24N4O4S/c1-15-14-18(21-27-15)20-19(24)16(2)22-9-11-23(12-10-22)28(25,26)13-8-17-6-4-3-5-7-17/h3-8,13-14,16H,9-12H2,1-2H3,(H,20,21,24)/b13-8+/t16-/m0/s1. The maximum atomic E-state index is 12.5. The second-order valence-electron chi connectivity index (χ2n) is 6.68. The van der Waals surface area contributed by atoms with Crippen molar-refractivity contribution in [2.45, 2.75) is 19.9 Å². The SMILES string of the molecule is Cc1cc(NC(=O)[C@H](C)N2CCN(S(=O)(=O)/C=C/c3ccccc3)CC2)no1. The first-order valence-electron chi connectivity index (χ1n) is 9.07. The molecule has 1 aromatic heterocycles. The minimum absolute atomic E-state index is 0.200. The minimum atomic E-state index is -3.49. The van der Waals surface area contributed by atoms with Gasteiger partial charge in [0.05, 0.1) is 6.04 Å². The van der Waals surface area contributed by atoms with Crippen LogP contribution in [0.3, 0.4) is 0 Å². The first-order valence-corrected chi connectivity index (χ1v) is 10.6. The molecule has 1 atom stereocenters. The predicted octanol–water partition coefficient (Wildman–Crippen LogP) is 1.93. The van der Waals surface area contributed by atoms with E-state index in [0.717, 1.165) is 5.56 Å². The number of carbonyl (C=O) groups excluding carboxylic acids is 1. The molecule has 0 saturated carbocycles. The fraction of sp³-hybridized carbons (Fsp3) is 0.368. The van der Waals surface area contributed by atoms with Crippen LogP contribution in [0.5, 0.6) is 0 Å². The number of hydrogen-bond donors (Lipinski definition) is 1. The lowest BCUT2D eigenvalue weighted by Crippen LogP contribution is -2.53. The molecule has 1 aliphatic heterocycles. The van der Waals surface area contributed by atoms with E-state index in [1.807, 2.05) is 35.2 Å². The molecule has 0 unspecified atom stereocenters. The molecule has 0 spiro atoms. The van der Waals surface area contributed by atoms with Crippen LogP contribution in [0.4, 0.5) is 5.82 Å². The van der Waals surface area contributed by atoms with Crippen LogP contribution in [-0.2, 0) is 14.8 Å². The molecule has 28 heavy (non-hydrogen) atoms. The fourth-order valence-electron chi connectivity index (χ4n) is 2.98. The van der Waals surface area contributed by atoms with E-state index in [1.54, 1.807) is 26.0 Å². The number of aryl methyl sites for hydroxylation is 1. The second kappa shape index (κ2) is 8.68. The Hall–Kier alpha value is -2.49. The summed E-state index contributed by atoms with van der Waals surface area (Å²) < 4.78 is 31.4. The Balaban J connectivity index is 1.54. The molecule has 150 valence electrons. The first-order chi connectivity index (χ1) is 13.3. The molecule has 3 rings (SSSR count). The number of benzene rings is 1. The molecule has 2 aromatic rings. The summed E-state index contributed by atoms with van der Waals surface area (Å²) >= 11 is 0. The average Bonchev–Trinajstić information content (AvgIpc) is 3.11. The van der Waals surface area contributed by atoms with Crippen LogP contribution in [0.15, 0.2) is 46.3 Å². The van der Waals surface area contributed by atoms with Gasteiger partial charge in [0.2, 0.25) is 15.9 Å². The van der Waals surface area contributed by atoms with Gasteiger partial charge in [-0.25, -0.2) is 8.42 Å². The van der Waals surface area contributed by atoms with Gasteiger partial charge < -0.3 is 9.84 Å². The van der Waals surface area contributed by atoms with Gasteiger partial charge in [0.25, 0.3) is 0 Å². The van der Waals surface area contributed by atoms with Crippen molar-refractivity contribution in [3.8, 4) is 0 Å². The third-order valence-corrected chi connectivity index (χ3v) is 6.24. The van der Waals surface area contributed by atoms with Crippen LogP contribution >= 0.6 is 0 Å². The van der Waals surface area contributed by atoms with Gasteiger partial charge in [0.1, 0.15) is 5.76 Å². The van der Waals surface area contributed by atoms with Gasteiger partial charge >= 0.3 is 0 Å². The Morgan fingerprint density at radius 3 is 2.50 bits per heavy atom. The highest BCUT2D eigenvalue weighted by Gasteiger charge is 2.30. The summed E-state index contributed by atoms with van der Waals surface area (Å²) in [6.07, 6.45) is 1.59. The zero-order chi connectivity index (χ0) is 20.1. The van der Waals surface area contributed by atoms with Crippen molar-refractivity contribution in [1.29, 1.82) is 0 Å². The van der Waals surface area contributed by atoms with E-state index in [1.165, 1.54) is 9.71 Å². The monoisotopic (exact) mass is 404 g/mol. The van der Waals surface area contributed by atoms with Gasteiger partial charge in [-0.1, -0.05) is 35.5 Å². The summed E-state index contributed by atoms with van der Waals surface area (Å²) in [4.78, 5) is 14.3. The molecule has 0 aliphatic carbocycles. The second-order valence-corrected chi connectivity index (χ2v) is 8.50. The summed E-state index contributed by atoms with van der Waals surface area (Å²) in [5.41, 5.74) is 0.832. The van der Waals surface area contributed by atoms with Crippen molar-refractivity contribution in [3.63, 3.8) is 0 Å². The maximum Gasteiger partial charge on any atom is 0.242 e. The molecular formula is C19H24N4O4S. The van der Waals surface area contributed by atoms with Crippen molar-refractivity contribution in [2.24, 2.45) is 0 Å². The lowest BCUT2D eigenvalue weighted by atomic mass is 10.2. The van der Waals surface area contributed by atoms with Crippen LogP contribution in [0.25, 0.3) is 6.08 Å². The van der Waals surface area contributed by atoms with Crippen molar-refractivity contribution >= 4 is 27.8 Å². The lowest BCUT2D eigenvalue weighted by molar-refractivity contribution is -0.121. The Labute approximate surface area is 164 Å². The number of hydrogen-bond acceptors (Lipinski definition) is 6. The summed E-state index contributed by atoms with van der Waals surface area (Å²) in [5, 5.41) is 7.70. The molecule has 0 bridgehead atoms. The summed E-state index contributed by atoms with van der Waals surface area (Å²) in [7, 11) is -3.49. The lowest BCUT2D eigenvalue weighted by Gasteiger charge is -2.36. The molecule has 9 heteroatoms. The Kier molecular flexibility index (Phi) is 6.28. The molecule has 1 saturated heterocycles. The van der Waals surface area contributed by atoms with Gasteiger partial charge in [-0.3, -0.25) is 9.69 Å². The molecule has 0 radical (unpaired) electrons. The molecule has 1 amide bonds. The number of nitrogens with one attached hydrogen (secondary N) is 1. The van der Waals surface area contributed by atoms with E-state index >= 15 is 0 Å². The molecule has 8 nitrogen and oxygen atoms in total. The highest BCUT2D eigenvalue weighted by Crippen LogP contribution is 2.15. The predicted molar refractivity (Wildman–Crippen MR) is 107 cm³/mol. The normalized spacial score (nSPS) is 17.6. The summed E-state index contributed by atoms with van der Waals surface area (Å²) in [6, 6.07) is 10.5. The maximum absolute atomic E-state index is 12.5. The van der Waals surface area contributed by atoms with E-state index in [2.05, 4.69) is 10.5 Å². The van der Waals surface area contributed by atoms with E-state index in [4.69, 9.17) is 4.52 Å². The number of nitrogens with zero attached hydrogens (tertiary/aromatic N) is 3. The number of piperazine rings is 1. The van der Waals surface area contributed by atoms with Gasteiger partial charge in [0.15, 0.2) is 5.82 Å². The summed E-state index contributed by atoms with van der Waals surface area (Å²) in [5.74, 6) is 0.792. The van der Waals surface area contributed by atoms with Gasteiger partial charge in [0, 0.05) is 37.7 Å². The van der Waals surface area contributed by atoms with Crippen LogP contribution in [-0.4, -0.2) is 60.9 Å². The Bertz CT molecular complexity index is 932. The van der Waals surface area contributed by atoms with Crippen LogP contribution in [0.1, 0.15) is 18.2 Å². The zero-order valence-electron chi connectivity index (χ0n) is 15.9. The Morgan fingerprint density at radius 1 is 1.21 bits per heavy atom. The van der Waals surface area contributed by atoms with Crippen molar-refractivity contribution in [3.05, 3.63) is 53.1 Å². The number of sulfonamides is 1. The molecule has 1 aromatic carbocycles. The van der Waals surface area contributed by atoms with E-state index in [9.17, 15) is 13.2 Å².